The maximum atomic E-state index is 12.6. The number of benzene rings is 2. The topological polar surface area (TPSA) is 49.9 Å². The fourth-order valence-electron chi connectivity index (χ4n) is 3.32. The molecular formula is C22H26N2O3. The maximum absolute atomic E-state index is 12.6. The summed E-state index contributed by atoms with van der Waals surface area (Å²) in [6.07, 6.45) is 0. The van der Waals surface area contributed by atoms with E-state index in [1.807, 2.05) is 62.4 Å². The van der Waals surface area contributed by atoms with Gasteiger partial charge in [-0.2, -0.15) is 0 Å². The Hall–Kier alpha value is -2.66. The lowest BCUT2D eigenvalue weighted by molar-refractivity contribution is -0.135. The van der Waals surface area contributed by atoms with Crippen molar-refractivity contribution in [1.29, 1.82) is 0 Å². The van der Waals surface area contributed by atoms with E-state index in [9.17, 15) is 9.59 Å². The van der Waals surface area contributed by atoms with Gasteiger partial charge < -0.3 is 9.64 Å². The largest absolute Gasteiger partial charge is 0.484 e. The monoisotopic (exact) mass is 366 g/mol. The highest BCUT2D eigenvalue weighted by molar-refractivity contribution is 5.99. The average molecular weight is 366 g/mol. The van der Waals surface area contributed by atoms with Gasteiger partial charge in [-0.25, -0.2) is 0 Å². The van der Waals surface area contributed by atoms with E-state index in [0.29, 0.717) is 38.5 Å². The average Bonchev–Trinajstić information content (AvgIpc) is 2.67. The van der Waals surface area contributed by atoms with Gasteiger partial charge in [-0.1, -0.05) is 42.0 Å². The van der Waals surface area contributed by atoms with Crippen molar-refractivity contribution in [2.75, 3.05) is 39.3 Å². The van der Waals surface area contributed by atoms with Gasteiger partial charge in [0.25, 0.3) is 5.91 Å². The zero-order valence-electron chi connectivity index (χ0n) is 16.0. The number of hydrogen-bond donors (Lipinski definition) is 0. The first kappa shape index (κ1) is 19.1. The SMILES string of the molecule is Cc1ccc(C(=O)CN2CCN(C(=O)COc3ccccc3)CC2)c(C)c1. The molecule has 2 aromatic rings. The second kappa shape index (κ2) is 8.82. The Bertz CT molecular complexity index is 796. The molecule has 5 nitrogen and oxygen atoms in total. The number of nitrogens with zero attached hydrogens (tertiary/aromatic N) is 2. The summed E-state index contributed by atoms with van der Waals surface area (Å²) in [5.74, 6) is 0.822. The van der Waals surface area contributed by atoms with Gasteiger partial charge in [0.1, 0.15) is 5.75 Å². The predicted molar refractivity (Wildman–Crippen MR) is 105 cm³/mol. The first-order valence-corrected chi connectivity index (χ1v) is 9.31. The van der Waals surface area contributed by atoms with Crippen LogP contribution in [0.2, 0.25) is 0 Å². The molecule has 0 atom stereocenters. The molecule has 3 rings (SSSR count). The number of piperazine rings is 1. The zero-order chi connectivity index (χ0) is 19.2. The van der Waals surface area contributed by atoms with Crippen LogP contribution in [0.3, 0.4) is 0 Å². The number of amides is 1. The summed E-state index contributed by atoms with van der Waals surface area (Å²) in [4.78, 5) is 28.8. The van der Waals surface area contributed by atoms with Crippen molar-refractivity contribution in [3.63, 3.8) is 0 Å². The number of hydrogen-bond acceptors (Lipinski definition) is 4. The molecule has 1 heterocycles. The third-order valence-corrected chi connectivity index (χ3v) is 4.88. The minimum atomic E-state index is -0.0146. The highest BCUT2D eigenvalue weighted by Crippen LogP contribution is 2.13. The molecule has 5 heteroatoms. The minimum absolute atomic E-state index is 0.0146. The molecule has 1 saturated heterocycles. The number of para-hydroxylation sites is 1. The van der Waals surface area contributed by atoms with Crippen molar-refractivity contribution < 1.29 is 14.3 Å². The summed E-state index contributed by atoms with van der Waals surface area (Å²) in [6, 6.07) is 15.3. The smallest absolute Gasteiger partial charge is 0.260 e. The highest BCUT2D eigenvalue weighted by atomic mass is 16.5. The second-order valence-electron chi connectivity index (χ2n) is 7.00. The van der Waals surface area contributed by atoms with Crippen molar-refractivity contribution in [3.8, 4) is 5.75 Å². The van der Waals surface area contributed by atoms with Gasteiger partial charge in [0.2, 0.25) is 0 Å². The van der Waals surface area contributed by atoms with Gasteiger partial charge in [-0.3, -0.25) is 14.5 Å². The fourth-order valence-corrected chi connectivity index (χ4v) is 3.32. The van der Waals surface area contributed by atoms with Crippen LogP contribution in [-0.4, -0.2) is 60.8 Å². The Morgan fingerprint density at radius 2 is 1.67 bits per heavy atom. The zero-order valence-corrected chi connectivity index (χ0v) is 16.0. The van der Waals surface area contributed by atoms with E-state index in [4.69, 9.17) is 4.74 Å². The Labute approximate surface area is 160 Å². The third-order valence-electron chi connectivity index (χ3n) is 4.88. The number of ketones is 1. The summed E-state index contributed by atoms with van der Waals surface area (Å²) in [5.41, 5.74) is 2.97. The van der Waals surface area contributed by atoms with Crippen molar-refractivity contribution in [2.24, 2.45) is 0 Å². The number of rotatable bonds is 6. The van der Waals surface area contributed by atoms with Gasteiger partial charge in [-0.05, 0) is 31.5 Å². The molecule has 0 N–H and O–H groups in total. The quantitative estimate of drug-likeness (QED) is 0.738. The van der Waals surface area contributed by atoms with Crippen LogP contribution in [-0.2, 0) is 4.79 Å². The number of carbonyl (C=O) groups is 2. The van der Waals surface area contributed by atoms with E-state index in [-0.39, 0.29) is 18.3 Å². The lowest BCUT2D eigenvalue weighted by atomic mass is 10.0. The summed E-state index contributed by atoms with van der Waals surface area (Å²) < 4.78 is 5.53. The van der Waals surface area contributed by atoms with Gasteiger partial charge in [-0.15, -0.1) is 0 Å². The predicted octanol–water partition coefficient (Wildman–Crippen LogP) is 2.71. The molecule has 1 fully saturated rings. The van der Waals surface area contributed by atoms with E-state index in [2.05, 4.69) is 4.90 Å². The molecule has 1 aliphatic rings. The van der Waals surface area contributed by atoms with E-state index in [1.165, 1.54) is 0 Å². The fraction of sp³-hybridized carbons (Fsp3) is 0.364. The van der Waals surface area contributed by atoms with Gasteiger partial charge >= 0.3 is 0 Å². The van der Waals surface area contributed by atoms with Gasteiger partial charge in [0, 0.05) is 31.7 Å². The van der Waals surface area contributed by atoms with Crippen LogP contribution < -0.4 is 4.74 Å². The Balaban J connectivity index is 1.45. The molecule has 0 bridgehead atoms. The van der Waals surface area contributed by atoms with Gasteiger partial charge in [0.15, 0.2) is 12.4 Å². The van der Waals surface area contributed by atoms with Crippen LogP contribution in [0.15, 0.2) is 48.5 Å². The molecule has 0 radical (unpaired) electrons. The number of ether oxygens (including phenoxy) is 1. The molecule has 0 unspecified atom stereocenters. The molecule has 1 amide bonds. The van der Waals surface area contributed by atoms with Crippen molar-refractivity contribution in [1.82, 2.24) is 9.80 Å². The second-order valence-corrected chi connectivity index (χ2v) is 7.00. The van der Waals surface area contributed by atoms with E-state index in [1.54, 1.807) is 4.90 Å². The third kappa shape index (κ3) is 5.17. The molecule has 142 valence electrons. The van der Waals surface area contributed by atoms with E-state index < -0.39 is 0 Å². The van der Waals surface area contributed by atoms with Crippen LogP contribution in [0.25, 0.3) is 0 Å². The number of Topliss-reactive ketones (excluding diaryl/α,β-unsaturated/α-hetero) is 1. The molecule has 2 aromatic carbocycles. The number of carbonyl (C=O) groups excluding carboxylic acids is 2. The highest BCUT2D eigenvalue weighted by Gasteiger charge is 2.23. The van der Waals surface area contributed by atoms with Crippen LogP contribution in [0, 0.1) is 13.8 Å². The maximum Gasteiger partial charge on any atom is 0.260 e. The molecular weight excluding hydrogens is 340 g/mol. The Morgan fingerprint density at radius 3 is 2.33 bits per heavy atom. The Morgan fingerprint density at radius 1 is 0.963 bits per heavy atom. The first-order valence-electron chi connectivity index (χ1n) is 9.31. The van der Waals surface area contributed by atoms with E-state index >= 15 is 0 Å². The van der Waals surface area contributed by atoms with Crippen LogP contribution in [0.5, 0.6) is 5.75 Å². The lowest BCUT2D eigenvalue weighted by Gasteiger charge is -2.34. The van der Waals surface area contributed by atoms with Crippen molar-refractivity contribution in [3.05, 3.63) is 65.2 Å². The van der Waals surface area contributed by atoms with Crippen LogP contribution in [0.4, 0.5) is 0 Å². The molecule has 0 aliphatic carbocycles. The lowest BCUT2D eigenvalue weighted by Crippen LogP contribution is -2.51. The van der Waals surface area contributed by atoms with Crippen LogP contribution >= 0.6 is 0 Å². The standard InChI is InChI=1S/C22H26N2O3/c1-17-8-9-20(18(2)14-17)21(25)15-23-10-12-24(13-11-23)22(26)16-27-19-6-4-3-5-7-19/h3-9,14H,10-13,15-16H2,1-2H3. The minimum Gasteiger partial charge on any atom is -0.484 e. The number of aryl methyl sites for hydroxylation is 2. The summed E-state index contributed by atoms with van der Waals surface area (Å²) in [6.45, 7) is 7.09. The van der Waals surface area contributed by atoms with Crippen molar-refractivity contribution >= 4 is 11.7 Å². The Kier molecular flexibility index (Phi) is 6.24. The summed E-state index contributed by atoms with van der Waals surface area (Å²) in [7, 11) is 0. The molecule has 1 aliphatic heterocycles. The first-order chi connectivity index (χ1) is 13.0. The molecule has 0 spiro atoms. The molecule has 0 saturated carbocycles. The van der Waals surface area contributed by atoms with Crippen molar-refractivity contribution in [2.45, 2.75) is 13.8 Å². The van der Waals surface area contributed by atoms with Gasteiger partial charge in [0.05, 0.1) is 6.54 Å². The summed E-state index contributed by atoms with van der Waals surface area (Å²) >= 11 is 0. The normalized spacial score (nSPS) is 14.8. The van der Waals surface area contributed by atoms with E-state index in [0.717, 1.165) is 16.7 Å². The molecule has 0 aromatic heterocycles. The summed E-state index contributed by atoms with van der Waals surface area (Å²) in [5, 5.41) is 0. The molecule has 27 heavy (non-hydrogen) atoms. The van der Waals surface area contributed by atoms with Crippen LogP contribution in [0.1, 0.15) is 21.5 Å².